The normalized spacial score (nSPS) is 10.5. The molecule has 0 aliphatic rings. The zero-order valence-corrected chi connectivity index (χ0v) is 15.6. The van der Waals surface area contributed by atoms with E-state index in [9.17, 15) is 0 Å². The van der Waals surface area contributed by atoms with E-state index in [1.165, 1.54) is 0 Å². The standard InChI is InChI=1S/C19H13BrCl2O2/c20-14-6-4-13(5-7-14)12-23-19-9-8-17(11-18(19)22)24-16-3-1-2-15(21)10-16/h1-11H,12H2. The zero-order valence-electron chi connectivity index (χ0n) is 12.5. The Morgan fingerprint density at radius 3 is 2.29 bits per heavy atom. The van der Waals surface area contributed by atoms with Gasteiger partial charge in [0.05, 0.1) is 5.02 Å². The number of ether oxygens (including phenoxy) is 2. The van der Waals surface area contributed by atoms with Crippen LogP contribution in [0.1, 0.15) is 5.56 Å². The van der Waals surface area contributed by atoms with Gasteiger partial charge in [-0.3, -0.25) is 0 Å². The Balaban J connectivity index is 1.67. The molecule has 3 aromatic rings. The van der Waals surface area contributed by atoms with Crippen molar-refractivity contribution in [2.75, 3.05) is 0 Å². The van der Waals surface area contributed by atoms with Crippen LogP contribution in [0.25, 0.3) is 0 Å². The third-order valence-corrected chi connectivity index (χ3v) is 4.30. The van der Waals surface area contributed by atoms with Crippen molar-refractivity contribution in [1.82, 2.24) is 0 Å². The van der Waals surface area contributed by atoms with Crippen molar-refractivity contribution in [2.24, 2.45) is 0 Å². The molecule has 0 saturated carbocycles. The fourth-order valence-electron chi connectivity index (χ4n) is 2.07. The second-order valence-corrected chi connectivity index (χ2v) is 6.83. The van der Waals surface area contributed by atoms with Gasteiger partial charge < -0.3 is 9.47 Å². The van der Waals surface area contributed by atoms with Gasteiger partial charge >= 0.3 is 0 Å². The summed E-state index contributed by atoms with van der Waals surface area (Å²) < 4.78 is 12.5. The summed E-state index contributed by atoms with van der Waals surface area (Å²) in [6.45, 7) is 0.446. The molecule has 5 heteroatoms. The van der Waals surface area contributed by atoms with Crippen molar-refractivity contribution in [2.45, 2.75) is 6.61 Å². The Labute approximate surface area is 159 Å². The van der Waals surface area contributed by atoms with Crippen molar-refractivity contribution >= 4 is 39.1 Å². The van der Waals surface area contributed by atoms with Crippen LogP contribution in [0.2, 0.25) is 10.0 Å². The summed E-state index contributed by atoms with van der Waals surface area (Å²) in [6, 6.07) is 20.5. The smallest absolute Gasteiger partial charge is 0.138 e. The lowest BCUT2D eigenvalue weighted by Gasteiger charge is -2.11. The summed E-state index contributed by atoms with van der Waals surface area (Å²) in [5.74, 6) is 1.89. The first-order valence-electron chi connectivity index (χ1n) is 7.20. The number of hydrogen-bond acceptors (Lipinski definition) is 2. The van der Waals surface area contributed by atoms with Crippen LogP contribution in [0.4, 0.5) is 0 Å². The van der Waals surface area contributed by atoms with Crippen LogP contribution in [-0.2, 0) is 6.61 Å². The van der Waals surface area contributed by atoms with Crippen LogP contribution in [0.3, 0.4) is 0 Å². The van der Waals surface area contributed by atoms with Crippen LogP contribution in [0.5, 0.6) is 17.2 Å². The maximum Gasteiger partial charge on any atom is 0.138 e. The summed E-state index contributed by atoms with van der Waals surface area (Å²) >= 11 is 15.6. The van der Waals surface area contributed by atoms with E-state index < -0.39 is 0 Å². The highest BCUT2D eigenvalue weighted by molar-refractivity contribution is 9.10. The molecule has 0 bridgehead atoms. The Morgan fingerprint density at radius 1 is 0.833 bits per heavy atom. The molecule has 0 aliphatic carbocycles. The fraction of sp³-hybridized carbons (Fsp3) is 0.0526. The average molecular weight is 424 g/mol. The minimum absolute atomic E-state index is 0.446. The highest BCUT2D eigenvalue weighted by atomic mass is 79.9. The highest BCUT2D eigenvalue weighted by Gasteiger charge is 2.06. The summed E-state index contributed by atoms with van der Waals surface area (Å²) in [5, 5.41) is 1.11. The summed E-state index contributed by atoms with van der Waals surface area (Å²) in [5.41, 5.74) is 1.06. The van der Waals surface area contributed by atoms with Crippen LogP contribution in [0, 0.1) is 0 Å². The molecule has 0 N–H and O–H groups in total. The van der Waals surface area contributed by atoms with Gasteiger partial charge in [0.1, 0.15) is 23.9 Å². The highest BCUT2D eigenvalue weighted by Crippen LogP contribution is 2.32. The maximum absolute atomic E-state index is 6.28. The SMILES string of the molecule is Clc1cccc(Oc2ccc(OCc3ccc(Br)cc3)c(Cl)c2)c1. The summed E-state index contributed by atoms with van der Waals surface area (Å²) in [4.78, 5) is 0. The van der Waals surface area contributed by atoms with E-state index in [0.717, 1.165) is 10.0 Å². The molecule has 0 fully saturated rings. The van der Waals surface area contributed by atoms with Crippen molar-refractivity contribution < 1.29 is 9.47 Å². The summed E-state index contributed by atoms with van der Waals surface area (Å²) in [7, 11) is 0. The topological polar surface area (TPSA) is 18.5 Å². The molecule has 0 spiro atoms. The predicted molar refractivity (Wildman–Crippen MR) is 101 cm³/mol. The Kier molecular flexibility index (Phi) is 5.67. The lowest BCUT2D eigenvalue weighted by Crippen LogP contribution is -1.96. The van der Waals surface area contributed by atoms with Gasteiger partial charge in [-0.05, 0) is 48.0 Å². The predicted octanol–water partition coefficient (Wildman–Crippen LogP) is 7.13. The minimum atomic E-state index is 0.446. The molecular weight excluding hydrogens is 411 g/mol. The molecule has 0 aromatic heterocycles. The van der Waals surface area contributed by atoms with Gasteiger partial charge in [0, 0.05) is 15.6 Å². The van der Waals surface area contributed by atoms with Crippen molar-refractivity contribution in [3.8, 4) is 17.2 Å². The molecule has 2 nitrogen and oxygen atoms in total. The van der Waals surface area contributed by atoms with Gasteiger partial charge in [-0.25, -0.2) is 0 Å². The number of benzene rings is 3. The molecule has 0 saturated heterocycles. The van der Waals surface area contributed by atoms with Crippen LogP contribution in [-0.4, -0.2) is 0 Å². The first-order valence-corrected chi connectivity index (χ1v) is 8.75. The number of hydrogen-bond donors (Lipinski definition) is 0. The largest absolute Gasteiger partial charge is 0.487 e. The second-order valence-electron chi connectivity index (χ2n) is 5.07. The molecule has 24 heavy (non-hydrogen) atoms. The quantitative estimate of drug-likeness (QED) is 0.434. The fourth-order valence-corrected chi connectivity index (χ4v) is 2.74. The third kappa shape index (κ3) is 4.67. The van der Waals surface area contributed by atoms with Crippen LogP contribution < -0.4 is 9.47 Å². The number of rotatable bonds is 5. The van der Waals surface area contributed by atoms with Crippen LogP contribution >= 0.6 is 39.1 Å². The van der Waals surface area contributed by atoms with Gasteiger partial charge in [-0.1, -0.05) is 57.3 Å². The third-order valence-electron chi connectivity index (χ3n) is 3.24. The van der Waals surface area contributed by atoms with E-state index in [4.69, 9.17) is 32.7 Å². The van der Waals surface area contributed by atoms with Gasteiger partial charge in [0.25, 0.3) is 0 Å². The Hall–Kier alpha value is -1.68. The lowest BCUT2D eigenvalue weighted by atomic mass is 10.2. The van der Waals surface area contributed by atoms with Gasteiger partial charge in [-0.2, -0.15) is 0 Å². The Morgan fingerprint density at radius 2 is 1.58 bits per heavy atom. The number of halogens is 3. The van der Waals surface area contributed by atoms with E-state index in [-0.39, 0.29) is 0 Å². The van der Waals surface area contributed by atoms with E-state index in [1.807, 2.05) is 42.5 Å². The molecule has 0 aliphatic heterocycles. The molecule has 0 heterocycles. The molecule has 0 atom stereocenters. The van der Waals surface area contributed by atoms with E-state index in [2.05, 4.69) is 15.9 Å². The first-order chi connectivity index (χ1) is 11.6. The lowest BCUT2D eigenvalue weighted by molar-refractivity contribution is 0.306. The van der Waals surface area contributed by atoms with Crippen molar-refractivity contribution in [3.05, 3.63) is 86.8 Å². The summed E-state index contributed by atoms with van der Waals surface area (Å²) in [6.07, 6.45) is 0. The molecule has 122 valence electrons. The van der Waals surface area contributed by atoms with Gasteiger partial charge in [-0.15, -0.1) is 0 Å². The van der Waals surface area contributed by atoms with E-state index in [1.54, 1.807) is 24.3 Å². The monoisotopic (exact) mass is 422 g/mol. The molecular formula is C19H13BrCl2O2. The second kappa shape index (κ2) is 7.93. The first kappa shape index (κ1) is 17.2. The van der Waals surface area contributed by atoms with Crippen molar-refractivity contribution in [1.29, 1.82) is 0 Å². The minimum Gasteiger partial charge on any atom is -0.487 e. The van der Waals surface area contributed by atoms with E-state index in [0.29, 0.717) is 33.9 Å². The molecule has 3 aromatic carbocycles. The molecule has 0 radical (unpaired) electrons. The van der Waals surface area contributed by atoms with E-state index >= 15 is 0 Å². The maximum atomic E-state index is 6.28. The molecule has 3 rings (SSSR count). The zero-order chi connectivity index (χ0) is 16.9. The van der Waals surface area contributed by atoms with Crippen LogP contribution in [0.15, 0.2) is 71.2 Å². The van der Waals surface area contributed by atoms with Gasteiger partial charge in [0.15, 0.2) is 0 Å². The molecule has 0 unspecified atom stereocenters. The average Bonchev–Trinajstić information content (AvgIpc) is 2.56. The molecule has 0 amide bonds. The van der Waals surface area contributed by atoms with Crippen molar-refractivity contribution in [3.63, 3.8) is 0 Å². The van der Waals surface area contributed by atoms with Gasteiger partial charge in [0.2, 0.25) is 0 Å². The Bertz CT molecular complexity index is 835.